The van der Waals surface area contributed by atoms with Crippen molar-refractivity contribution < 1.29 is 9.59 Å². The molecule has 0 radical (unpaired) electrons. The van der Waals surface area contributed by atoms with Gasteiger partial charge in [0.1, 0.15) is 0 Å². The average Bonchev–Trinajstić information content (AvgIpc) is 2.39. The van der Waals surface area contributed by atoms with Gasteiger partial charge >= 0.3 is 0 Å². The van der Waals surface area contributed by atoms with Crippen molar-refractivity contribution in [1.29, 1.82) is 0 Å². The normalized spacial score (nSPS) is 24.3. The van der Waals surface area contributed by atoms with Crippen molar-refractivity contribution in [2.75, 3.05) is 0 Å². The summed E-state index contributed by atoms with van der Waals surface area (Å²) in [5.41, 5.74) is 2.89. The number of rotatable bonds is 0. The number of hydrogen-bond acceptors (Lipinski definition) is 2. The number of ketones is 2. The molecule has 2 aliphatic rings. The molecule has 0 aliphatic heterocycles. The second-order valence-corrected chi connectivity index (χ2v) is 5.83. The lowest BCUT2D eigenvalue weighted by Crippen LogP contribution is -2.36. The van der Waals surface area contributed by atoms with Gasteiger partial charge in [0, 0.05) is 16.9 Å². The molecule has 0 saturated carbocycles. The molecule has 0 bridgehead atoms. The topological polar surface area (TPSA) is 34.1 Å². The summed E-state index contributed by atoms with van der Waals surface area (Å²) in [6, 6.07) is 7.67. The van der Waals surface area contributed by atoms with Crippen LogP contribution < -0.4 is 0 Å². The number of Topliss-reactive ketones (excluding diaryl/α,β-unsaturated/α-hetero) is 1. The Hall–Kier alpha value is -1.96. The third-order valence-electron chi connectivity index (χ3n) is 4.25. The highest BCUT2D eigenvalue weighted by Gasteiger charge is 2.43. The van der Waals surface area contributed by atoms with Crippen molar-refractivity contribution in [2.24, 2.45) is 5.41 Å². The second-order valence-electron chi connectivity index (χ2n) is 5.83. The Kier molecular flexibility index (Phi) is 2.40. The van der Waals surface area contributed by atoms with Crippen LogP contribution in [0.1, 0.15) is 42.6 Å². The van der Waals surface area contributed by atoms with E-state index in [0.717, 1.165) is 22.3 Å². The van der Waals surface area contributed by atoms with E-state index >= 15 is 0 Å². The lowest BCUT2D eigenvalue weighted by Gasteiger charge is -2.38. The molecule has 19 heavy (non-hydrogen) atoms. The Labute approximate surface area is 112 Å². The molecule has 0 N–H and O–H groups in total. The highest BCUT2D eigenvalue weighted by Crippen LogP contribution is 2.47. The maximum atomic E-state index is 12.3. The fourth-order valence-corrected chi connectivity index (χ4v) is 3.17. The Morgan fingerprint density at radius 1 is 1.11 bits per heavy atom. The highest BCUT2D eigenvalue weighted by molar-refractivity contribution is 6.11. The Morgan fingerprint density at radius 2 is 1.79 bits per heavy atom. The molecule has 2 nitrogen and oxygen atoms in total. The molecule has 0 aromatic heterocycles. The SMILES string of the molecule is CC1=CC2C(=CC(=O)c3ccccc32)C(C)(C)C1=O. The van der Waals surface area contributed by atoms with E-state index in [0.29, 0.717) is 0 Å². The zero-order chi connectivity index (χ0) is 13.8. The van der Waals surface area contributed by atoms with E-state index in [1.54, 1.807) is 6.08 Å². The summed E-state index contributed by atoms with van der Waals surface area (Å²) in [6.45, 7) is 5.68. The van der Waals surface area contributed by atoms with E-state index < -0.39 is 5.41 Å². The van der Waals surface area contributed by atoms with E-state index in [4.69, 9.17) is 0 Å². The van der Waals surface area contributed by atoms with Crippen molar-refractivity contribution >= 4 is 11.6 Å². The van der Waals surface area contributed by atoms with Crippen molar-refractivity contribution in [3.63, 3.8) is 0 Å². The predicted octanol–water partition coefficient (Wildman–Crippen LogP) is 3.45. The van der Waals surface area contributed by atoms with Gasteiger partial charge in [-0.15, -0.1) is 0 Å². The Bertz CT molecular complexity index is 660. The van der Waals surface area contributed by atoms with Gasteiger partial charge in [-0.1, -0.05) is 30.3 Å². The van der Waals surface area contributed by atoms with Gasteiger partial charge in [-0.05, 0) is 43.6 Å². The number of carbonyl (C=O) groups is 2. The standard InChI is InChI=1S/C17H16O2/c1-10-8-13-11-6-4-5-7-12(11)15(18)9-14(13)17(2,3)16(10)19/h4-9,13H,1-3H3. The molecule has 1 aromatic carbocycles. The van der Waals surface area contributed by atoms with Gasteiger partial charge in [0.15, 0.2) is 11.6 Å². The minimum absolute atomic E-state index is 0.00989. The van der Waals surface area contributed by atoms with E-state index in [9.17, 15) is 9.59 Å². The van der Waals surface area contributed by atoms with Gasteiger partial charge in [0.2, 0.25) is 0 Å². The molecule has 0 amide bonds. The molecule has 2 aliphatic carbocycles. The maximum absolute atomic E-state index is 12.3. The molecular formula is C17H16O2. The zero-order valence-electron chi connectivity index (χ0n) is 11.4. The molecule has 1 aromatic rings. The first-order valence-electron chi connectivity index (χ1n) is 6.51. The summed E-state index contributed by atoms with van der Waals surface area (Å²) in [5.74, 6) is 0.180. The minimum atomic E-state index is -0.591. The van der Waals surface area contributed by atoms with Crippen LogP contribution in [0.15, 0.2) is 47.6 Å². The third-order valence-corrected chi connectivity index (χ3v) is 4.25. The first-order valence-corrected chi connectivity index (χ1v) is 6.51. The van der Waals surface area contributed by atoms with E-state index in [-0.39, 0.29) is 17.5 Å². The van der Waals surface area contributed by atoms with Gasteiger partial charge in [-0.2, -0.15) is 0 Å². The second kappa shape index (κ2) is 3.77. The van der Waals surface area contributed by atoms with Crippen LogP contribution in [0.25, 0.3) is 0 Å². The summed E-state index contributed by atoms with van der Waals surface area (Å²) in [5, 5.41) is 0. The number of hydrogen-bond donors (Lipinski definition) is 0. The van der Waals surface area contributed by atoms with Gasteiger partial charge in [0.05, 0.1) is 0 Å². The van der Waals surface area contributed by atoms with Crippen LogP contribution >= 0.6 is 0 Å². The van der Waals surface area contributed by atoms with Crippen LogP contribution in [-0.2, 0) is 4.79 Å². The van der Waals surface area contributed by atoms with Crippen LogP contribution in [-0.4, -0.2) is 11.6 Å². The van der Waals surface area contributed by atoms with Gasteiger partial charge in [-0.25, -0.2) is 0 Å². The molecule has 0 fully saturated rings. The smallest absolute Gasteiger partial charge is 0.186 e. The average molecular weight is 252 g/mol. The van der Waals surface area contributed by atoms with Gasteiger partial charge < -0.3 is 0 Å². The summed E-state index contributed by atoms with van der Waals surface area (Å²) in [6.07, 6.45) is 3.65. The lowest BCUT2D eigenvalue weighted by atomic mass is 9.63. The minimum Gasteiger partial charge on any atom is -0.294 e. The van der Waals surface area contributed by atoms with E-state index in [1.165, 1.54) is 0 Å². The summed E-state index contributed by atoms with van der Waals surface area (Å²) in [7, 11) is 0. The number of benzene rings is 1. The molecule has 96 valence electrons. The number of fused-ring (bicyclic) bond motifs is 3. The van der Waals surface area contributed by atoms with E-state index in [1.807, 2.05) is 51.1 Å². The van der Waals surface area contributed by atoms with Crippen LogP contribution in [0, 0.1) is 5.41 Å². The van der Waals surface area contributed by atoms with E-state index in [2.05, 4.69) is 0 Å². The van der Waals surface area contributed by atoms with Crippen LogP contribution in [0.5, 0.6) is 0 Å². The monoisotopic (exact) mass is 252 g/mol. The summed E-state index contributed by atoms with van der Waals surface area (Å²) < 4.78 is 0. The van der Waals surface area contributed by atoms with Crippen molar-refractivity contribution in [3.8, 4) is 0 Å². The number of allylic oxidation sites excluding steroid dienone is 4. The fourth-order valence-electron chi connectivity index (χ4n) is 3.17. The predicted molar refractivity (Wildman–Crippen MR) is 74.1 cm³/mol. The van der Waals surface area contributed by atoms with Gasteiger partial charge in [-0.3, -0.25) is 9.59 Å². The van der Waals surface area contributed by atoms with Crippen molar-refractivity contribution in [2.45, 2.75) is 26.7 Å². The third kappa shape index (κ3) is 1.56. The Morgan fingerprint density at radius 3 is 2.53 bits per heavy atom. The Balaban J connectivity index is 2.29. The first-order chi connectivity index (χ1) is 8.93. The molecule has 3 rings (SSSR count). The molecule has 0 saturated heterocycles. The van der Waals surface area contributed by atoms with Gasteiger partial charge in [0.25, 0.3) is 0 Å². The molecule has 0 heterocycles. The lowest BCUT2D eigenvalue weighted by molar-refractivity contribution is -0.122. The van der Waals surface area contributed by atoms with Crippen LogP contribution in [0.3, 0.4) is 0 Å². The van der Waals surface area contributed by atoms with Crippen molar-refractivity contribution in [1.82, 2.24) is 0 Å². The molecule has 0 spiro atoms. The highest BCUT2D eigenvalue weighted by atomic mass is 16.1. The molecule has 1 atom stereocenters. The zero-order valence-corrected chi connectivity index (χ0v) is 11.4. The maximum Gasteiger partial charge on any atom is 0.186 e. The van der Waals surface area contributed by atoms with Crippen LogP contribution in [0.2, 0.25) is 0 Å². The fraction of sp³-hybridized carbons (Fsp3) is 0.294. The first kappa shape index (κ1) is 12.1. The van der Waals surface area contributed by atoms with Crippen LogP contribution in [0.4, 0.5) is 0 Å². The molecule has 1 unspecified atom stereocenters. The largest absolute Gasteiger partial charge is 0.294 e. The molecule has 2 heteroatoms. The molecular weight excluding hydrogens is 236 g/mol. The quantitative estimate of drug-likeness (QED) is 0.708. The summed E-state index contributed by atoms with van der Waals surface area (Å²) in [4.78, 5) is 24.5. The van der Waals surface area contributed by atoms with Crippen molar-refractivity contribution in [3.05, 3.63) is 58.7 Å². The number of carbonyl (C=O) groups excluding carboxylic acids is 2. The summed E-state index contributed by atoms with van der Waals surface area (Å²) >= 11 is 0.